The first kappa shape index (κ1) is 14.2. The summed E-state index contributed by atoms with van der Waals surface area (Å²) in [6.45, 7) is 2.30. The standard InChI is InChI=1S/C14H15F2N3O/c1-9-5-13(20-2)19-14(18-9)17-4-3-10-6-11(15)8-12(16)7-10/h5-8H,3-4H2,1-2H3,(H,17,18,19). The fourth-order valence-electron chi connectivity index (χ4n) is 1.80. The lowest BCUT2D eigenvalue weighted by Crippen LogP contribution is -2.09. The van der Waals surface area contributed by atoms with Gasteiger partial charge in [0.05, 0.1) is 7.11 Å². The molecule has 4 nitrogen and oxygen atoms in total. The van der Waals surface area contributed by atoms with Crippen LogP contribution in [0.2, 0.25) is 0 Å². The molecule has 2 aromatic rings. The predicted molar refractivity (Wildman–Crippen MR) is 71.9 cm³/mol. The minimum Gasteiger partial charge on any atom is -0.481 e. The molecule has 6 heteroatoms. The average molecular weight is 279 g/mol. The summed E-state index contributed by atoms with van der Waals surface area (Å²) in [6, 6.07) is 5.18. The molecule has 0 saturated carbocycles. The number of anilines is 1. The Hall–Kier alpha value is -2.24. The van der Waals surface area contributed by atoms with Crippen molar-refractivity contribution in [2.75, 3.05) is 19.0 Å². The Morgan fingerprint density at radius 3 is 2.45 bits per heavy atom. The predicted octanol–water partition coefficient (Wildman–Crippen LogP) is 2.73. The number of hydrogen-bond acceptors (Lipinski definition) is 4. The van der Waals surface area contributed by atoms with Gasteiger partial charge in [-0.15, -0.1) is 0 Å². The van der Waals surface area contributed by atoms with Crippen molar-refractivity contribution in [3.8, 4) is 5.88 Å². The topological polar surface area (TPSA) is 47.0 Å². The van der Waals surface area contributed by atoms with Crippen LogP contribution in [0.5, 0.6) is 5.88 Å². The number of nitrogens with zero attached hydrogens (tertiary/aromatic N) is 2. The number of hydrogen-bond donors (Lipinski definition) is 1. The summed E-state index contributed by atoms with van der Waals surface area (Å²) in [7, 11) is 1.53. The highest BCUT2D eigenvalue weighted by Crippen LogP contribution is 2.12. The Morgan fingerprint density at radius 2 is 1.80 bits per heavy atom. The van der Waals surface area contributed by atoms with E-state index >= 15 is 0 Å². The molecule has 2 rings (SSSR count). The minimum absolute atomic E-state index is 0.429. The van der Waals surface area contributed by atoms with Crippen LogP contribution in [0.4, 0.5) is 14.7 Å². The third-order valence-electron chi connectivity index (χ3n) is 2.66. The van der Waals surface area contributed by atoms with E-state index in [-0.39, 0.29) is 0 Å². The van der Waals surface area contributed by atoms with E-state index < -0.39 is 11.6 Å². The van der Waals surface area contributed by atoms with Gasteiger partial charge in [0, 0.05) is 24.4 Å². The largest absolute Gasteiger partial charge is 0.481 e. The quantitative estimate of drug-likeness (QED) is 0.914. The van der Waals surface area contributed by atoms with Crippen molar-refractivity contribution in [1.29, 1.82) is 0 Å². The number of rotatable bonds is 5. The first-order valence-electron chi connectivity index (χ1n) is 6.15. The molecule has 0 spiro atoms. The lowest BCUT2D eigenvalue weighted by Gasteiger charge is -2.07. The van der Waals surface area contributed by atoms with E-state index in [1.54, 1.807) is 6.07 Å². The number of nitrogens with one attached hydrogen (secondary N) is 1. The molecule has 0 saturated heterocycles. The summed E-state index contributed by atoms with van der Waals surface area (Å²) >= 11 is 0. The van der Waals surface area contributed by atoms with Gasteiger partial charge in [0.15, 0.2) is 0 Å². The van der Waals surface area contributed by atoms with Gasteiger partial charge in [-0.05, 0) is 31.0 Å². The molecular formula is C14H15F2N3O. The zero-order valence-corrected chi connectivity index (χ0v) is 11.3. The SMILES string of the molecule is COc1cc(C)nc(NCCc2cc(F)cc(F)c2)n1. The van der Waals surface area contributed by atoms with Crippen molar-refractivity contribution in [2.24, 2.45) is 0 Å². The summed E-state index contributed by atoms with van der Waals surface area (Å²) < 4.78 is 31.1. The molecule has 0 atom stereocenters. The van der Waals surface area contributed by atoms with E-state index in [1.807, 2.05) is 6.92 Å². The monoisotopic (exact) mass is 279 g/mol. The van der Waals surface area contributed by atoms with E-state index in [4.69, 9.17) is 4.74 Å². The van der Waals surface area contributed by atoms with Crippen LogP contribution in [-0.4, -0.2) is 23.6 Å². The van der Waals surface area contributed by atoms with Crippen LogP contribution in [0.15, 0.2) is 24.3 Å². The maximum atomic E-state index is 13.0. The van der Waals surface area contributed by atoms with Gasteiger partial charge >= 0.3 is 0 Å². The van der Waals surface area contributed by atoms with Crippen molar-refractivity contribution >= 4 is 5.95 Å². The van der Waals surface area contributed by atoms with E-state index in [2.05, 4.69) is 15.3 Å². The molecule has 0 fully saturated rings. The van der Waals surface area contributed by atoms with Crippen LogP contribution in [0, 0.1) is 18.6 Å². The van der Waals surface area contributed by atoms with Crippen LogP contribution in [-0.2, 0) is 6.42 Å². The molecule has 0 aliphatic heterocycles. The van der Waals surface area contributed by atoms with Crippen molar-refractivity contribution in [3.63, 3.8) is 0 Å². The number of benzene rings is 1. The maximum Gasteiger partial charge on any atom is 0.226 e. The smallest absolute Gasteiger partial charge is 0.226 e. The van der Waals surface area contributed by atoms with E-state index in [0.717, 1.165) is 11.8 Å². The molecule has 0 unspecified atom stereocenters. The van der Waals surface area contributed by atoms with E-state index in [1.165, 1.54) is 19.2 Å². The summed E-state index contributed by atoms with van der Waals surface area (Å²) in [4.78, 5) is 8.32. The molecule has 1 aromatic heterocycles. The Kier molecular flexibility index (Phi) is 4.45. The van der Waals surface area contributed by atoms with Crippen molar-refractivity contribution in [3.05, 3.63) is 47.2 Å². The first-order chi connectivity index (χ1) is 9.56. The number of ether oxygens (including phenoxy) is 1. The van der Waals surface area contributed by atoms with Gasteiger partial charge in [0.25, 0.3) is 0 Å². The Morgan fingerprint density at radius 1 is 1.10 bits per heavy atom. The average Bonchev–Trinajstić information content (AvgIpc) is 2.37. The van der Waals surface area contributed by atoms with Crippen LogP contribution in [0.25, 0.3) is 0 Å². The Bertz CT molecular complexity index is 585. The molecule has 0 radical (unpaired) electrons. The number of aryl methyl sites for hydroxylation is 1. The van der Waals surface area contributed by atoms with Gasteiger partial charge in [-0.25, -0.2) is 13.8 Å². The number of aromatic nitrogens is 2. The number of methoxy groups -OCH3 is 1. The number of halogens is 2. The zero-order chi connectivity index (χ0) is 14.5. The van der Waals surface area contributed by atoms with Gasteiger partial charge in [0.2, 0.25) is 11.8 Å². The molecule has 1 heterocycles. The summed E-state index contributed by atoms with van der Waals surface area (Å²) in [5.41, 5.74) is 1.35. The normalized spacial score (nSPS) is 10.4. The fraction of sp³-hybridized carbons (Fsp3) is 0.286. The molecular weight excluding hydrogens is 264 g/mol. The second kappa shape index (κ2) is 6.27. The minimum atomic E-state index is -0.575. The highest BCUT2D eigenvalue weighted by molar-refractivity contribution is 5.31. The second-order valence-electron chi connectivity index (χ2n) is 4.33. The van der Waals surface area contributed by atoms with Gasteiger partial charge < -0.3 is 10.1 Å². The van der Waals surface area contributed by atoms with Crippen LogP contribution < -0.4 is 10.1 Å². The second-order valence-corrected chi connectivity index (χ2v) is 4.33. The van der Waals surface area contributed by atoms with E-state index in [9.17, 15) is 8.78 Å². The first-order valence-corrected chi connectivity index (χ1v) is 6.15. The highest BCUT2D eigenvalue weighted by Gasteiger charge is 2.03. The molecule has 20 heavy (non-hydrogen) atoms. The molecule has 1 N–H and O–H groups in total. The molecule has 0 amide bonds. The fourth-order valence-corrected chi connectivity index (χ4v) is 1.80. The lowest BCUT2D eigenvalue weighted by atomic mass is 10.1. The summed E-state index contributed by atoms with van der Waals surface area (Å²) in [5, 5.41) is 3.00. The van der Waals surface area contributed by atoms with Crippen molar-refractivity contribution in [2.45, 2.75) is 13.3 Å². The van der Waals surface area contributed by atoms with Gasteiger partial charge in [-0.1, -0.05) is 0 Å². The molecule has 0 aliphatic carbocycles. The molecule has 106 valence electrons. The summed E-state index contributed by atoms with van der Waals surface area (Å²) in [5.74, 6) is -0.252. The van der Waals surface area contributed by atoms with Gasteiger partial charge in [-0.2, -0.15) is 4.98 Å². The van der Waals surface area contributed by atoms with Crippen molar-refractivity contribution < 1.29 is 13.5 Å². The summed E-state index contributed by atoms with van der Waals surface area (Å²) in [6.07, 6.45) is 0.467. The van der Waals surface area contributed by atoms with Gasteiger partial charge in [-0.3, -0.25) is 0 Å². The molecule has 1 aromatic carbocycles. The van der Waals surface area contributed by atoms with Gasteiger partial charge in [0.1, 0.15) is 11.6 Å². The lowest BCUT2D eigenvalue weighted by molar-refractivity contribution is 0.397. The maximum absolute atomic E-state index is 13.0. The van der Waals surface area contributed by atoms with Crippen LogP contribution in [0.1, 0.15) is 11.3 Å². The molecule has 0 aliphatic rings. The Balaban J connectivity index is 1.97. The highest BCUT2D eigenvalue weighted by atomic mass is 19.1. The third-order valence-corrected chi connectivity index (χ3v) is 2.66. The third kappa shape index (κ3) is 3.88. The Labute approximate surface area is 115 Å². The zero-order valence-electron chi connectivity index (χ0n) is 11.3. The van der Waals surface area contributed by atoms with Crippen LogP contribution in [0.3, 0.4) is 0 Å². The van der Waals surface area contributed by atoms with E-state index in [0.29, 0.717) is 30.4 Å². The van der Waals surface area contributed by atoms with Crippen LogP contribution >= 0.6 is 0 Å². The molecule has 0 bridgehead atoms. The van der Waals surface area contributed by atoms with Crippen molar-refractivity contribution in [1.82, 2.24) is 9.97 Å².